The summed E-state index contributed by atoms with van der Waals surface area (Å²) in [5.41, 5.74) is 5.32. The molecule has 13 heteroatoms. The van der Waals surface area contributed by atoms with E-state index >= 15 is 0 Å². The molecule has 0 unspecified atom stereocenters. The van der Waals surface area contributed by atoms with E-state index < -0.39 is 34.0 Å². The zero-order chi connectivity index (χ0) is 24.2. The lowest BCUT2D eigenvalue weighted by Crippen LogP contribution is -2.35. The van der Waals surface area contributed by atoms with Crippen molar-refractivity contribution in [2.75, 3.05) is 25.5 Å². The van der Waals surface area contributed by atoms with Gasteiger partial charge in [0.05, 0.1) is 28.2 Å². The van der Waals surface area contributed by atoms with E-state index in [1.54, 1.807) is 0 Å². The number of ether oxygens (including phenoxy) is 2. The number of benzene rings is 1. The number of aliphatic hydroxyl groups is 1. The van der Waals surface area contributed by atoms with Crippen LogP contribution in [0, 0.1) is 5.92 Å². The molecule has 1 saturated carbocycles. The largest absolute Gasteiger partial charge is 0.573 e. The maximum atomic E-state index is 12.7. The van der Waals surface area contributed by atoms with Gasteiger partial charge in [0.15, 0.2) is 5.69 Å². The standard InChI is InChI=1S/C20H22F3N3O6S/c21-20(22,23)32-14-3-5-15(6-4-14)33(29,30)16-7-17(24)18(25-9-16)19(28)26-8-13(27)11-31-10-12-1-2-12/h3-7,9,12-13,27H,1-2,8,10-11,24H2,(H,26,28)/t13-/m1/s1. The van der Waals surface area contributed by atoms with Gasteiger partial charge in [0.2, 0.25) is 9.84 Å². The molecule has 0 bridgehead atoms. The minimum Gasteiger partial charge on any atom is -0.406 e. The van der Waals surface area contributed by atoms with E-state index in [-0.39, 0.29) is 34.3 Å². The molecule has 1 heterocycles. The second kappa shape index (κ2) is 9.93. The normalized spacial score (nSPS) is 15.2. The average molecular weight is 489 g/mol. The first-order valence-corrected chi connectivity index (χ1v) is 11.3. The Hall–Kier alpha value is -2.90. The van der Waals surface area contributed by atoms with E-state index in [9.17, 15) is 31.5 Å². The van der Waals surface area contributed by atoms with Gasteiger partial charge in [-0.1, -0.05) is 0 Å². The van der Waals surface area contributed by atoms with Crippen molar-refractivity contribution in [1.29, 1.82) is 0 Å². The van der Waals surface area contributed by atoms with Crippen molar-refractivity contribution >= 4 is 21.4 Å². The molecule has 1 amide bonds. The average Bonchev–Trinajstić information content (AvgIpc) is 3.55. The molecule has 0 aliphatic heterocycles. The highest BCUT2D eigenvalue weighted by atomic mass is 32.2. The number of pyridine rings is 1. The fourth-order valence-corrected chi connectivity index (χ4v) is 4.00. The predicted molar refractivity (Wildman–Crippen MR) is 109 cm³/mol. The lowest BCUT2D eigenvalue weighted by atomic mass is 10.2. The van der Waals surface area contributed by atoms with E-state index in [1.165, 1.54) is 0 Å². The van der Waals surface area contributed by atoms with Crippen LogP contribution < -0.4 is 15.8 Å². The number of halogens is 3. The number of rotatable bonds is 10. The fraction of sp³-hybridized carbons (Fsp3) is 0.400. The maximum Gasteiger partial charge on any atom is 0.573 e. The van der Waals surface area contributed by atoms with E-state index in [0.717, 1.165) is 49.4 Å². The predicted octanol–water partition coefficient (Wildman–Crippen LogP) is 1.91. The number of carbonyl (C=O) groups is 1. The van der Waals surface area contributed by atoms with Crippen molar-refractivity contribution in [1.82, 2.24) is 10.3 Å². The third-order valence-corrected chi connectivity index (χ3v) is 6.38. The van der Waals surface area contributed by atoms with Crippen molar-refractivity contribution < 1.29 is 41.0 Å². The van der Waals surface area contributed by atoms with Crippen molar-refractivity contribution in [2.45, 2.75) is 35.1 Å². The third kappa shape index (κ3) is 7.04. The molecule has 9 nitrogen and oxygen atoms in total. The summed E-state index contributed by atoms with van der Waals surface area (Å²) in [5.74, 6) is -0.755. The van der Waals surface area contributed by atoms with Gasteiger partial charge in [0.1, 0.15) is 5.75 Å². The number of aromatic nitrogens is 1. The molecular weight excluding hydrogens is 467 g/mol. The molecule has 0 saturated heterocycles. The summed E-state index contributed by atoms with van der Waals surface area (Å²) in [5, 5.41) is 12.3. The van der Waals surface area contributed by atoms with Crippen LogP contribution in [-0.4, -0.2) is 56.6 Å². The Morgan fingerprint density at radius 2 is 1.91 bits per heavy atom. The van der Waals surface area contributed by atoms with Crippen LogP contribution in [0.3, 0.4) is 0 Å². The molecule has 0 spiro atoms. The van der Waals surface area contributed by atoms with Gasteiger partial charge in [0, 0.05) is 19.3 Å². The van der Waals surface area contributed by atoms with Crippen LogP contribution in [0.5, 0.6) is 5.75 Å². The second-order valence-corrected chi connectivity index (χ2v) is 9.43. The van der Waals surface area contributed by atoms with Gasteiger partial charge < -0.3 is 25.6 Å². The summed E-state index contributed by atoms with van der Waals surface area (Å²) in [6.45, 7) is 0.508. The Balaban J connectivity index is 1.62. The van der Waals surface area contributed by atoms with E-state index in [1.807, 2.05) is 0 Å². The van der Waals surface area contributed by atoms with Gasteiger partial charge in [-0.15, -0.1) is 13.2 Å². The highest BCUT2D eigenvalue weighted by Crippen LogP contribution is 2.29. The third-order valence-electron chi connectivity index (χ3n) is 4.64. The molecule has 1 aromatic carbocycles. The van der Waals surface area contributed by atoms with E-state index in [4.69, 9.17) is 10.5 Å². The molecule has 1 aliphatic carbocycles. The number of aliphatic hydroxyl groups excluding tert-OH is 1. The van der Waals surface area contributed by atoms with Crippen LogP contribution in [0.4, 0.5) is 18.9 Å². The molecule has 1 aliphatic rings. The number of amides is 1. The van der Waals surface area contributed by atoms with Gasteiger partial charge in [-0.3, -0.25) is 4.79 Å². The summed E-state index contributed by atoms with van der Waals surface area (Å²) in [7, 11) is -4.17. The first-order chi connectivity index (χ1) is 15.5. The van der Waals surface area contributed by atoms with Crippen LogP contribution in [0.15, 0.2) is 46.3 Å². The molecule has 180 valence electrons. The van der Waals surface area contributed by atoms with E-state index in [2.05, 4.69) is 15.0 Å². The van der Waals surface area contributed by atoms with E-state index in [0.29, 0.717) is 12.5 Å². The number of anilines is 1. The Bertz CT molecular complexity index is 1090. The van der Waals surface area contributed by atoms with Crippen molar-refractivity contribution in [2.24, 2.45) is 5.92 Å². The molecular formula is C20H22F3N3O6S. The molecule has 2 aromatic rings. The number of sulfone groups is 1. The number of hydrogen-bond acceptors (Lipinski definition) is 8. The monoisotopic (exact) mass is 489 g/mol. The smallest absolute Gasteiger partial charge is 0.406 e. The Morgan fingerprint density at radius 1 is 1.24 bits per heavy atom. The molecule has 0 radical (unpaired) electrons. The van der Waals surface area contributed by atoms with Gasteiger partial charge in [0.25, 0.3) is 5.91 Å². The molecule has 3 rings (SSSR count). The Morgan fingerprint density at radius 3 is 2.48 bits per heavy atom. The van der Waals surface area contributed by atoms with Crippen LogP contribution in [0.1, 0.15) is 23.3 Å². The zero-order valence-corrected chi connectivity index (χ0v) is 18.0. The quantitative estimate of drug-likeness (QED) is 0.460. The number of nitrogens with one attached hydrogen (secondary N) is 1. The minimum atomic E-state index is -4.91. The van der Waals surface area contributed by atoms with Crippen LogP contribution in [0.2, 0.25) is 0 Å². The Kier molecular flexibility index (Phi) is 7.44. The highest BCUT2D eigenvalue weighted by Gasteiger charge is 2.31. The molecule has 1 atom stereocenters. The summed E-state index contributed by atoms with van der Waals surface area (Å²) in [4.78, 5) is 15.4. The lowest BCUT2D eigenvalue weighted by Gasteiger charge is -2.13. The van der Waals surface area contributed by atoms with Crippen LogP contribution in [-0.2, 0) is 14.6 Å². The number of nitrogen functional groups attached to an aromatic ring is 1. The number of nitrogens with zero attached hydrogens (tertiary/aromatic N) is 1. The summed E-state index contributed by atoms with van der Waals surface area (Å²) in [6.07, 6.45) is -2.70. The Labute approximate surface area is 187 Å². The second-order valence-electron chi connectivity index (χ2n) is 7.48. The highest BCUT2D eigenvalue weighted by molar-refractivity contribution is 7.91. The number of alkyl halides is 3. The van der Waals surface area contributed by atoms with Gasteiger partial charge >= 0.3 is 6.36 Å². The van der Waals surface area contributed by atoms with Crippen LogP contribution in [0.25, 0.3) is 0 Å². The van der Waals surface area contributed by atoms with Crippen LogP contribution >= 0.6 is 0 Å². The number of hydrogen-bond donors (Lipinski definition) is 3. The number of nitrogens with two attached hydrogens (primary N) is 1. The topological polar surface area (TPSA) is 141 Å². The van der Waals surface area contributed by atoms with Crippen molar-refractivity contribution in [3.05, 3.63) is 42.2 Å². The van der Waals surface area contributed by atoms with Gasteiger partial charge in [-0.2, -0.15) is 0 Å². The summed E-state index contributed by atoms with van der Waals surface area (Å²) < 4.78 is 71.3. The molecule has 4 N–H and O–H groups in total. The van der Waals surface area contributed by atoms with Gasteiger partial charge in [-0.05, 0) is 49.1 Å². The molecule has 33 heavy (non-hydrogen) atoms. The first kappa shape index (κ1) is 24.7. The summed E-state index contributed by atoms with van der Waals surface area (Å²) in [6, 6.07) is 4.63. The summed E-state index contributed by atoms with van der Waals surface area (Å²) >= 11 is 0. The van der Waals surface area contributed by atoms with Crippen molar-refractivity contribution in [3.63, 3.8) is 0 Å². The fourth-order valence-electron chi connectivity index (χ4n) is 2.76. The molecule has 1 aromatic heterocycles. The number of carbonyl (C=O) groups excluding carboxylic acids is 1. The SMILES string of the molecule is Nc1cc(S(=O)(=O)c2ccc(OC(F)(F)F)cc2)cnc1C(=O)NC[C@@H](O)COCC1CC1. The lowest BCUT2D eigenvalue weighted by molar-refractivity contribution is -0.274. The first-order valence-electron chi connectivity index (χ1n) is 9.86. The maximum absolute atomic E-state index is 12.7. The zero-order valence-electron chi connectivity index (χ0n) is 17.2. The molecule has 1 fully saturated rings. The van der Waals surface area contributed by atoms with Crippen molar-refractivity contribution in [3.8, 4) is 5.75 Å². The van der Waals surface area contributed by atoms with Gasteiger partial charge in [-0.25, -0.2) is 13.4 Å². The minimum absolute atomic E-state index is 0.0592.